The summed E-state index contributed by atoms with van der Waals surface area (Å²) in [7, 11) is 3.17. The Kier molecular flexibility index (Phi) is 9.12. The summed E-state index contributed by atoms with van der Waals surface area (Å²) < 4.78 is 16.7. The third kappa shape index (κ3) is 6.53. The van der Waals surface area contributed by atoms with Crippen LogP contribution in [0, 0.1) is 11.3 Å². The fraction of sp³-hybridized carbons (Fsp3) is 0.233. The third-order valence-electron chi connectivity index (χ3n) is 6.35. The van der Waals surface area contributed by atoms with Gasteiger partial charge in [-0.15, -0.1) is 11.8 Å². The Morgan fingerprint density at radius 3 is 2.54 bits per heavy atom. The number of carbonyl (C=O) groups is 1. The lowest BCUT2D eigenvalue weighted by molar-refractivity contribution is -0.136. The topological polar surface area (TPSA) is 105 Å². The number of nitriles is 1. The van der Waals surface area contributed by atoms with E-state index in [2.05, 4.69) is 24.4 Å². The highest BCUT2D eigenvalue weighted by molar-refractivity contribution is 7.99. The zero-order valence-corrected chi connectivity index (χ0v) is 23.5. The molecule has 1 aromatic heterocycles. The van der Waals surface area contributed by atoms with Gasteiger partial charge in [-0.05, 0) is 82.8 Å². The van der Waals surface area contributed by atoms with E-state index in [0.717, 1.165) is 44.1 Å². The number of hydrogen-bond donors (Lipinski definition) is 2. The van der Waals surface area contributed by atoms with E-state index in [0.29, 0.717) is 40.8 Å². The molecule has 7 nitrogen and oxygen atoms in total. The van der Waals surface area contributed by atoms with Gasteiger partial charge in [0.05, 0.1) is 55.0 Å². The van der Waals surface area contributed by atoms with Crippen molar-refractivity contribution >= 4 is 52.2 Å². The lowest BCUT2D eigenvalue weighted by atomic mass is 9.98. The number of carboxylic acid groups (broad SMARTS) is 1. The van der Waals surface area contributed by atoms with Gasteiger partial charge in [0.15, 0.2) is 0 Å². The van der Waals surface area contributed by atoms with Gasteiger partial charge in [-0.3, -0.25) is 4.79 Å². The van der Waals surface area contributed by atoms with E-state index in [4.69, 9.17) is 31.2 Å². The maximum absolute atomic E-state index is 11.0. The molecule has 1 aliphatic rings. The molecule has 2 N–H and O–H groups in total. The van der Waals surface area contributed by atoms with Crippen LogP contribution in [0.3, 0.4) is 0 Å². The predicted octanol–water partition coefficient (Wildman–Crippen LogP) is 6.57. The summed E-state index contributed by atoms with van der Waals surface area (Å²) in [6.07, 6.45) is 4.26. The molecule has 0 fully saturated rings. The first-order valence-electron chi connectivity index (χ1n) is 12.2. The summed E-state index contributed by atoms with van der Waals surface area (Å²) in [5.41, 5.74) is 6.61. The minimum atomic E-state index is -0.852. The first-order chi connectivity index (χ1) is 18.8. The van der Waals surface area contributed by atoms with Crippen molar-refractivity contribution in [2.24, 2.45) is 0 Å². The van der Waals surface area contributed by atoms with E-state index in [1.165, 1.54) is 11.8 Å². The van der Waals surface area contributed by atoms with E-state index in [9.17, 15) is 10.1 Å². The van der Waals surface area contributed by atoms with E-state index in [1.54, 1.807) is 20.5 Å². The second-order valence-electron chi connectivity index (χ2n) is 8.81. The van der Waals surface area contributed by atoms with Crippen molar-refractivity contribution in [3.05, 3.63) is 82.3 Å². The molecule has 0 saturated carbocycles. The van der Waals surface area contributed by atoms with E-state index in [1.807, 2.05) is 42.5 Å². The van der Waals surface area contributed by atoms with E-state index < -0.39 is 5.97 Å². The molecule has 4 rings (SSSR count). The molecular weight excluding hydrogens is 532 g/mol. The van der Waals surface area contributed by atoms with Gasteiger partial charge in [0, 0.05) is 12.2 Å². The highest BCUT2D eigenvalue weighted by Gasteiger charge is 2.25. The Morgan fingerprint density at radius 1 is 1.18 bits per heavy atom. The molecule has 0 unspecified atom stereocenters. The van der Waals surface area contributed by atoms with Gasteiger partial charge < -0.3 is 24.3 Å². The summed E-state index contributed by atoms with van der Waals surface area (Å²) in [4.78, 5) is 12.4. The largest absolute Gasteiger partial charge is 0.495 e. The Bertz CT molecular complexity index is 1470. The van der Waals surface area contributed by atoms with Gasteiger partial charge in [-0.25, -0.2) is 0 Å². The zero-order valence-electron chi connectivity index (χ0n) is 21.9. The highest BCUT2D eigenvalue weighted by atomic mass is 32.2. The number of methoxy groups -OCH3 is 2. The molecule has 0 spiro atoms. The molecular formula is C30H28N2O5S2. The molecule has 200 valence electrons. The summed E-state index contributed by atoms with van der Waals surface area (Å²) in [6.45, 7) is 2.56. The smallest absolute Gasteiger partial charge is 0.304 e. The van der Waals surface area contributed by atoms with Crippen molar-refractivity contribution in [2.75, 3.05) is 20.0 Å². The van der Waals surface area contributed by atoms with Crippen LogP contribution in [0.2, 0.25) is 0 Å². The molecule has 0 atom stereocenters. The fourth-order valence-electron chi connectivity index (χ4n) is 4.43. The lowest BCUT2D eigenvalue weighted by Gasteiger charge is -2.14. The van der Waals surface area contributed by atoms with Gasteiger partial charge in [-0.2, -0.15) is 5.26 Å². The van der Waals surface area contributed by atoms with Crippen molar-refractivity contribution in [3.8, 4) is 17.6 Å². The van der Waals surface area contributed by atoms with Crippen molar-refractivity contribution in [1.82, 2.24) is 5.32 Å². The van der Waals surface area contributed by atoms with Crippen LogP contribution in [0.25, 0.3) is 17.2 Å². The standard InChI is InChI=1S/C30H28N2O5S2/c1-18-23(12-20-13-26(35-2)30(27(14-20)36-3)39-10-8-29(33)34)22-7-6-19(16-31)11-25(22)24(18)15-28(38)32-17-21-5-4-9-37-21/h4-7,9,11-14H,8,10,15,17H2,1-3H3,(H,32,38)(H,33,34). The Morgan fingerprint density at radius 2 is 1.92 bits per heavy atom. The quantitative estimate of drug-likeness (QED) is 0.199. The molecule has 39 heavy (non-hydrogen) atoms. The maximum atomic E-state index is 11.0. The number of allylic oxidation sites excluding steroid dienone is 2. The average Bonchev–Trinajstić information content (AvgIpc) is 3.54. The minimum absolute atomic E-state index is 0.0370. The lowest BCUT2D eigenvalue weighted by Crippen LogP contribution is -2.20. The number of ether oxygens (including phenoxy) is 2. The molecule has 2 aromatic carbocycles. The number of furan rings is 1. The number of benzene rings is 2. The number of aliphatic carboxylic acids is 1. The van der Waals surface area contributed by atoms with E-state index in [-0.39, 0.29) is 6.42 Å². The van der Waals surface area contributed by atoms with Crippen LogP contribution in [-0.4, -0.2) is 36.0 Å². The number of carboxylic acids is 1. The summed E-state index contributed by atoms with van der Waals surface area (Å²) in [5, 5.41) is 21.8. The zero-order chi connectivity index (χ0) is 27.9. The van der Waals surface area contributed by atoms with Crippen LogP contribution in [0.5, 0.6) is 11.5 Å². The number of hydrogen-bond acceptors (Lipinski definition) is 7. The van der Waals surface area contributed by atoms with Crippen molar-refractivity contribution in [2.45, 2.75) is 31.2 Å². The summed E-state index contributed by atoms with van der Waals surface area (Å²) in [6, 6.07) is 15.5. The van der Waals surface area contributed by atoms with Gasteiger partial charge in [0.25, 0.3) is 0 Å². The van der Waals surface area contributed by atoms with Crippen molar-refractivity contribution in [1.29, 1.82) is 5.26 Å². The van der Waals surface area contributed by atoms with Crippen molar-refractivity contribution in [3.63, 3.8) is 0 Å². The van der Waals surface area contributed by atoms with Gasteiger partial charge >= 0.3 is 5.97 Å². The van der Waals surface area contributed by atoms with Crippen molar-refractivity contribution < 1.29 is 23.8 Å². The maximum Gasteiger partial charge on any atom is 0.304 e. The highest BCUT2D eigenvalue weighted by Crippen LogP contribution is 2.45. The summed E-state index contributed by atoms with van der Waals surface area (Å²) >= 11 is 7.05. The summed E-state index contributed by atoms with van der Waals surface area (Å²) in [5.74, 6) is 1.57. The predicted molar refractivity (Wildman–Crippen MR) is 157 cm³/mol. The van der Waals surface area contributed by atoms with Crippen LogP contribution in [0.4, 0.5) is 0 Å². The molecule has 9 heteroatoms. The Balaban J connectivity index is 1.69. The molecule has 1 aliphatic carbocycles. The second-order valence-corrected chi connectivity index (χ2v) is 10.4. The van der Waals surface area contributed by atoms with Crippen LogP contribution in [0.15, 0.2) is 63.6 Å². The molecule has 3 aromatic rings. The number of nitrogens with zero attached hydrogens (tertiary/aromatic N) is 1. The van der Waals surface area contributed by atoms with Crippen LogP contribution < -0.4 is 14.8 Å². The number of rotatable bonds is 11. The number of thioether (sulfide) groups is 1. The van der Waals surface area contributed by atoms with Gasteiger partial charge in [0.1, 0.15) is 17.3 Å². The molecule has 0 bridgehead atoms. The molecule has 0 radical (unpaired) electrons. The molecule has 0 aliphatic heterocycles. The van der Waals surface area contributed by atoms with E-state index >= 15 is 0 Å². The average molecular weight is 561 g/mol. The monoisotopic (exact) mass is 560 g/mol. The molecule has 1 heterocycles. The molecule has 0 saturated heterocycles. The van der Waals surface area contributed by atoms with Crippen LogP contribution in [-0.2, 0) is 11.3 Å². The Labute approximate surface area is 237 Å². The van der Waals surface area contributed by atoms with Gasteiger partial charge in [0.2, 0.25) is 0 Å². The second kappa shape index (κ2) is 12.7. The first kappa shape index (κ1) is 28.0. The normalized spacial score (nSPS) is 13.2. The SMILES string of the molecule is COc1cc(C=C2C(C)=C(CC(=S)NCc3ccco3)c3cc(C#N)ccc32)cc(OC)c1SCCC(=O)O. The third-order valence-corrected chi connectivity index (χ3v) is 7.74. The molecule has 0 amide bonds. The van der Waals surface area contributed by atoms with Crippen LogP contribution in [0.1, 0.15) is 47.8 Å². The first-order valence-corrected chi connectivity index (χ1v) is 13.6. The number of fused-ring (bicyclic) bond motifs is 1. The number of thiocarbonyl (C=S) groups is 1. The number of nitrogens with one attached hydrogen (secondary N) is 1. The fourth-order valence-corrected chi connectivity index (χ4v) is 5.70. The van der Waals surface area contributed by atoms with Crippen LogP contribution >= 0.6 is 24.0 Å². The van der Waals surface area contributed by atoms with Gasteiger partial charge in [-0.1, -0.05) is 18.3 Å². The minimum Gasteiger partial charge on any atom is -0.495 e. The Hall–Kier alpha value is -4.00.